The fourth-order valence-electron chi connectivity index (χ4n) is 3.25. The second-order valence-electron chi connectivity index (χ2n) is 8.46. The first-order valence-corrected chi connectivity index (χ1v) is 11.5. The molecule has 1 aromatic rings. The predicted octanol–water partition coefficient (Wildman–Crippen LogP) is -1.99. The van der Waals surface area contributed by atoms with Crippen molar-refractivity contribution in [2.45, 2.75) is 62.7 Å². The summed E-state index contributed by atoms with van der Waals surface area (Å²) in [7, 11) is 0. The maximum atomic E-state index is 12.9. The second kappa shape index (κ2) is 15.5. The van der Waals surface area contributed by atoms with Crippen molar-refractivity contribution in [2.24, 2.45) is 5.73 Å². The van der Waals surface area contributed by atoms with Crippen molar-refractivity contribution in [3.63, 3.8) is 0 Å². The Hall–Kier alpha value is -4.73. The Bertz CT molecular complexity index is 1080. The molecule has 0 aliphatic rings. The minimum atomic E-state index is -1.89. The van der Waals surface area contributed by atoms with E-state index in [9.17, 15) is 38.7 Å². The molecule has 1 aromatic carbocycles. The van der Waals surface area contributed by atoms with Gasteiger partial charge in [-0.25, -0.2) is 4.79 Å². The molecule has 39 heavy (non-hydrogen) atoms. The van der Waals surface area contributed by atoms with Crippen LogP contribution in [-0.2, 0) is 40.0 Å². The number of carboxylic acid groups (broad SMARTS) is 4. The fraction of sp³-hybridized carbons (Fsp3) is 0.435. The Morgan fingerprint density at radius 2 is 1.10 bits per heavy atom. The lowest BCUT2D eigenvalue weighted by Gasteiger charge is -2.24. The average molecular weight is 555 g/mol. The van der Waals surface area contributed by atoms with Gasteiger partial charge in [0.05, 0.1) is 12.5 Å². The van der Waals surface area contributed by atoms with Crippen molar-refractivity contribution in [3.05, 3.63) is 29.8 Å². The molecular formula is C23H30N4O12. The predicted molar refractivity (Wildman–Crippen MR) is 129 cm³/mol. The summed E-state index contributed by atoms with van der Waals surface area (Å²) in [6.07, 6.45) is -3.23. The highest BCUT2D eigenvalue weighted by Crippen LogP contribution is 2.11. The van der Waals surface area contributed by atoms with Crippen LogP contribution >= 0.6 is 0 Å². The molecule has 0 bridgehead atoms. The third-order valence-electron chi connectivity index (χ3n) is 5.28. The molecule has 0 aliphatic heterocycles. The molecule has 4 atom stereocenters. The molecule has 0 saturated carbocycles. The third-order valence-corrected chi connectivity index (χ3v) is 5.28. The van der Waals surface area contributed by atoms with Gasteiger partial charge in [-0.2, -0.15) is 0 Å². The van der Waals surface area contributed by atoms with E-state index in [-0.39, 0.29) is 12.2 Å². The summed E-state index contributed by atoms with van der Waals surface area (Å²) < 4.78 is 0. The summed E-state index contributed by atoms with van der Waals surface area (Å²) >= 11 is 0. The zero-order valence-electron chi connectivity index (χ0n) is 20.5. The molecule has 0 aliphatic carbocycles. The van der Waals surface area contributed by atoms with E-state index in [1.54, 1.807) is 0 Å². The zero-order valence-corrected chi connectivity index (χ0v) is 20.5. The molecular weight excluding hydrogens is 524 g/mol. The summed E-state index contributed by atoms with van der Waals surface area (Å²) in [4.78, 5) is 82.5. The van der Waals surface area contributed by atoms with Crippen LogP contribution in [0.25, 0.3) is 0 Å². The van der Waals surface area contributed by atoms with Gasteiger partial charge in [-0.3, -0.25) is 28.8 Å². The van der Waals surface area contributed by atoms with Crippen LogP contribution in [-0.4, -0.2) is 91.3 Å². The van der Waals surface area contributed by atoms with Gasteiger partial charge in [-0.15, -0.1) is 0 Å². The van der Waals surface area contributed by atoms with Gasteiger partial charge in [-0.1, -0.05) is 12.1 Å². The van der Waals surface area contributed by atoms with Gasteiger partial charge in [0.1, 0.15) is 23.9 Å². The molecule has 0 heterocycles. The van der Waals surface area contributed by atoms with Crippen LogP contribution in [0.2, 0.25) is 0 Å². The first-order valence-electron chi connectivity index (χ1n) is 11.5. The van der Waals surface area contributed by atoms with Crippen LogP contribution < -0.4 is 21.7 Å². The number of phenols is 1. The van der Waals surface area contributed by atoms with Gasteiger partial charge in [0.2, 0.25) is 17.7 Å². The zero-order chi connectivity index (χ0) is 29.7. The lowest BCUT2D eigenvalue weighted by atomic mass is 10.0. The first kappa shape index (κ1) is 32.3. The van der Waals surface area contributed by atoms with Crippen molar-refractivity contribution < 1.29 is 59.1 Å². The Balaban J connectivity index is 3.04. The molecule has 0 fully saturated rings. The molecule has 3 amide bonds. The van der Waals surface area contributed by atoms with Gasteiger partial charge in [-0.05, 0) is 37.0 Å². The highest BCUT2D eigenvalue weighted by molar-refractivity contribution is 5.95. The molecule has 0 spiro atoms. The van der Waals surface area contributed by atoms with Gasteiger partial charge >= 0.3 is 23.9 Å². The normalized spacial score (nSPS) is 13.7. The molecule has 10 N–H and O–H groups in total. The number of nitrogens with one attached hydrogen (secondary N) is 3. The number of carbonyl (C=O) groups is 7. The van der Waals surface area contributed by atoms with E-state index in [0.717, 1.165) is 0 Å². The summed E-state index contributed by atoms with van der Waals surface area (Å²) in [5.74, 6) is -9.07. The molecule has 1 rings (SSSR count). The first-order chi connectivity index (χ1) is 18.2. The van der Waals surface area contributed by atoms with E-state index < -0.39 is 97.9 Å². The smallest absolute Gasteiger partial charge is 0.326 e. The highest BCUT2D eigenvalue weighted by Gasteiger charge is 2.31. The van der Waals surface area contributed by atoms with Gasteiger partial charge in [0.25, 0.3) is 0 Å². The van der Waals surface area contributed by atoms with Gasteiger partial charge in [0.15, 0.2) is 0 Å². The summed E-state index contributed by atoms with van der Waals surface area (Å²) in [6, 6.07) is -0.525. The van der Waals surface area contributed by atoms with E-state index in [4.69, 9.17) is 26.2 Å². The molecule has 0 radical (unpaired) electrons. The number of hydrogen-bond donors (Lipinski definition) is 9. The number of benzene rings is 1. The molecule has 4 unspecified atom stereocenters. The van der Waals surface area contributed by atoms with Crippen molar-refractivity contribution in [1.29, 1.82) is 0 Å². The number of nitrogens with two attached hydrogens (primary N) is 1. The van der Waals surface area contributed by atoms with E-state index in [1.165, 1.54) is 24.3 Å². The van der Waals surface area contributed by atoms with Crippen LogP contribution in [0.15, 0.2) is 24.3 Å². The standard InChI is InChI=1S/C23H30N4O12/c24-13(9-11-1-3-12(28)4-2-11)20(35)25-14(5-7-17(29)30)21(36)26-15(6-8-18(31)32)22(37)27-16(23(38)39)10-19(33)34/h1-4,13-16,28H,5-10,24H2,(H,25,35)(H,26,36)(H,27,37)(H,29,30)(H,31,32)(H,33,34)(H,38,39). The molecule has 16 heteroatoms. The molecule has 0 aromatic heterocycles. The van der Waals surface area contributed by atoms with E-state index >= 15 is 0 Å². The van der Waals surface area contributed by atoms with Crippen LogP contribution in [0.1, 0.15) is 37.7 Å². The number of amides is 3. The van der Waals surface area contributed by atoms with E-state index in [0.29, 0.717) is 5.56 Å². The Kier molecular flexibility index (Phi) is 12.8. The molecule has 16 nitrogen and oxygen atoms in total. The lowest BCUT2D eigenvalue weighted by Crippen LogP contribution is -2.57. The van der Waals surface area contributed by atoms with Crippen LogP contribution in [0.3, 0.4) is 0 Å². The average Bonchev–Trinajstić information content (AvgIpc) is 2.84. The van der Waals surface area contributed by atoms with Crippen LogP contribution in [0.4, 0.5) is 0 Å². The number of aliphatic carboxylic acids is 4. The Morgan fingerprint density at radius 1 is 0.667 bits per heavy atom. The maximum absolute atomic E-state index is 12.9. The summed E-state index contributed by atoms with van der Waals surface area (Å²) in [6.45, 7) is 0. The van der Waals surface area contributed by atoms with E-state index in [1.807, 2.05) is 5.32 Å². The molecule has 214 valence electrons. The number of carbonyl (C=O) groups excluding carboxylic acids is 3. The third kappa shape index (κ3) is 12.4. The number of rotatable bonds is 17. The van der Waals surface area contributed by atoms with Gasteiger partial charge < -0.3 is 47.2 Å². The van der Waals surface area contributed by atoms with Crippen LogP contribution in [0, 0.1) is 0 Å². The topological polar surface area (TPSA) is 283 Å². The molecule has 0 saturated heterocycles. The van der Waals surface area contributed by atoms with Crippen molar-refractivity contribution in [3.8, 4) is 5.75 Å². The fourth-order valence-corrected chi connectivity index (χ4v) is 3.25. The van der Waals surface area contributed by atoms with Crippen molar-refractivity contribution in [2.75, 3.05) is 0 Å². The highest BCUT2D eigenvalue weighted by atomic mass is 16.4. The number of phenolic OH excluding ortho intramolecular Hbond substituents is 1. The van der Waals surface area contributed by atoms with Crippen LogP contribution in [0.5, 0.6) is 5.75 Å². The summed E-state index contributed by atoms with van der Waals surface area (Å²) in [5, 5.41) is 51.7. The summed E-state index contributed by atoms with van der Waals surface area (Å²) in [5.41, 5.74) is 6.46. The Morgan fingerprint density at radius 3 is 1.51 bits per heavy atom. The van der Waals surface area contributed by atoms with Crippen molar-refractivity contribution in [1.82, 2.24) is 16.0 Å². The number of aromatic hydroxyl groups is 1. The lowest BCUT2D eigenvalue weighted by molar-refractivity contribution is -0.147. The minimum Gasteiger partial charge on any atom is -0.508 e. The quantitative estimate of drug-likeness (QED) is 0.101. The largest absolute Gasteiger partial charge is 0.508 e. The monoisotopic (exact) mass is 554 g/mol. The van der Waals surface area contributed by atoms with Gasteiger partial charge in [0, 0.05) is 12.8 Å². The SMILES string of the molecule is NC(Cc1ccc(O)cc1)C(=O)NC(CCC(=O)O)C(=O)NC(CCC(=O)O)C(=O)NC(CC(=O)O)C(=O)O. The minimum absolute atomic E-state index is 0.0107. The maximum Gasteiger partial charge on any atom is 0.326 e. The number of hydrogen-bond acceptors (Lipinski definition) is 9. The Labute approximate surface area is 221 Å². The second-order valence-corrected chi connectivity index (χ2v) is 8.46. The van der Waals surface area contributed by atoms with E-state index in [2.05, 4.69) is 10.6 Å². The van der Waals surface area contributed by atoms with Crippen molar-refractivity contribution >= 4 is 41.6 Å². The number of carboxylic acids is 4.